The van der Waals surface area contributed by atoms with E-state index in [1.54, 1.807) is 0 Å². The van der Waals surface area contributed by atoms with E-state index in [1.807, 2.05) is 31.2 Å². The molecule has 0 fully saturated rings. The Kier molecular flexibility index (Phi) is 4.59. The minimum Gasteiger partial charge on any atom is -0.465 e. The fourth-order valence-corrected chi connectivity index (χ4v) is 2.88. The number of hydrogen-bond acceptors (Lipinski definition) is 5. The summed E-state index contributed by atoms with van der Waals surface area (Å²) in [6.45, 7) is 1.95. The Labute approximate surface area is 126 Å². The standard InChI is InChI=1S/C15H13NO4S/c1-10-4-3-5-12(8-10)21-14-9-11(15(17)20-2)6-7-13(14)16(18)19/h3-9H,1-2H3. The van der Waals surface area contributed by atoms with Gasteiger partial charge in [-0.1, -0.05) is 29.5 Å². The van der Waals surface area contributed by atoms with Crippen molar-refractivity contribution >= 4 is 23.4 Å². The number of esters is 1. The van der Waals surface area contributed by atoms with Gasteiger partial charge in [-0.25, -0.2) is 4.79 Å². The zero-order chi connectivity index (χ0) is 15.4. The SMILES string of the molecule is COC(=O)c1ccc([N+](=O)[O-])c(Sc2cccc(C)c2)c1. The van der Waals surface area contributed by atoms with E-state index in [4.69, 9.17) is 0 Å². The second kappa shape index (κ2) is 6.41. The van der Waals surface area contributed by atoms with Gasteiger partial charge >= 0.3 is 5.97 Å². The molecule has 0 aliphatic carbocycles. The second-order valence-corrected chi connectivity index (χ2v) is 5.47. The second-order valence-electron chi connectivity index (χ2n) is 4.35. The number of ether oxygens (including phenoxy) is 1. The van der Waals surface area contributed by atoms with Gasteiger partial charge in [0.05, 0.1) is 22.5 Å². The van der Waals surface area contributed by atoms with Gasteiger partial charge in [0, 0.05) is 11.0 Å². The van der Waals surface area contributed by atoms with Crippen LogP contribution in [0.4, 0.5) is 5.69 Å². The Hall–Kier alpha value is -2.34. The molecular formula is C15H13NO4S. The van der Waals surface area contributed by atoms with Gasteiger partial charge in [-0.15, -0.1) is 0 Å². The van der Waals surface area contributed by atoms with E-state index < -0.39 is 10.9 Å². The molecule has 0 aliphatic heterocycles. The first-order valence-corrected chi connectivity index (χ1v) is 6.94. The monoisotopic (exact) mass is 303 g/mol. The van der Waals surface area contributed by atoms with Crippen LogP contribution in [0.1, 0.15) is 15.9 Å². The molecule has 0 heterocycles. The quantitative estimate of drug-likeness (QED) is 0.487. The molecule has 0 saturated heterocycles. The number of nitro groups is 1. The van der Waals surface area contributed by atoms with Crippen molar-refractivity contribution in [1.82, 2.24) is 0 Å². The highest BCUT2D eigenvalue weighted by atomic mass is 32.2. The summed E-state index contributed by atoms with van der Waals surface area (Å²) >= 11 is 1.25. The van der Waals surface area contributed by atoms with Gasteiger partial charge in [0.25, 0.3) is 5.69 Å². The lowest BCUT2D eigenvalue weighted by Gasteiger charge is -2.06. The molecule has 108 valence electrons. The van der Waals surface area contributed by atoms with Gasteiger partial charge in [0.1, 0.15) is 0 Å². The Balaban J connectivity index is 2.43. The summed E-state index contributed by atoms with van der Waals surface area (Å²) in [7, 11) is 1.27. The third-order valence-electron chi connectivity index (χ3n) is 2.79. The van der Waals surface area contributed by atoms with E-state index in [-0.39, 0.29) is 5.69 Å². The minimum atomic E-state index is -0.518. The molecule has 2 rings (SSSR count). The van der Waals surface area contributed by atoms with Crippen LogP contribution in [0.15, 0.2) is 52.3 Å². The fourth-order valence-electron chi connectivity index (χ4n) is 1.80. The van der Waals surface area contributed by atoms with Crippen molar-refractivity contribution in [3.05, 3.63) is 63.7 Å². The van der Waals surface area contributed by atoms with Crippen molar-refractivity contribution in [3.8, 4) is 0 Å². The normalized spacial score (nSPS) is 10.2. The first-order chi connectivity index (χ1) is 10.0. The molecule has 0 spiro atoms. The van der Waals surface area contributed by atoms with Gasteiger partial charge in [-0.3, -0.25) is 10.1 Å². The van der Waals surface area contributed by atoms with E-state index in [1.165, 1.54) is 37.1 Å². The van der Waals surface area contributed by atoms with Crippen molar-refractivity contribution in [2.45, 2.75) is 16.7 Å². The molecule has 2 aromatic rings. The fraction of sp³-hybridized carbons (Fsp3) is 0.133. The summed E-state index contributed by atoms with van der Waals surface area (Å²) in [5.74, 6) is -0.518. The van der Waals surface area contributed by atoms with Crippen LogP contribution in [-0.4, -0.2) is 18.0 Å². The van der Waals surface area contributed by atoms with E-state index in [0.29, 0.717) is 10.5 Å². The molecule has 0 radical (unpaired) electrons. The van der Waals surface area contributed by atoms with Crippen LogP contribution >= 0.6 is 11.8 Å². The average Bonchev–Trinajstić information content (AvgIpc) is 2.46. The molecule has 0 atom stereocenters. The number of aryl methyl sites for hydroxylation is 1. The van der Waals surface area contributed by atoms with Crippen LogP contribution in [0.25, 0.3) is 0 Å². The van der Waals surface area contributed by atoms with Crippen LogP contribution in [0, 0.1) is 17.0 Å². The summed E-state index contributed by atoms with van der Waals surface area (Å²) < 4.78 is 4.64. The molecule has 5 nitrogen and oxygen atoms in total. The summed E-state index contributed by atoms with van der Waals surface area (Å²) in [4.78, 5) is 23.5. The van der Waals surface area contributed by atoms with Crippen LogP contribution < -0.4 is 0 Å². The Morgan fingerprint density at radius 2 is 2.00 bits per heavy atom. The zero-order valence-electron chi connectivity index (χ0n) is 11.5. The molecule has 0 unspecified atom stereocenters. The van der Waals surface area contributed by atoms with E-state index in [0.717, 1.165) is 10.5 Å². The van der Waals surface area contributed by atoms with E-state index in [9.17, 15) is 14.9 Å². The molecule has 0 aromatic heterocycles. The number of nitrogens with zero attached hydrogens (tertiary/aromatic N) is 1. The number of hydrogen-bond donors (Lipinski definition) is 0. The van der Waals surface area contributed by atoms with Gasteiger partial charge in [0.2, 0.25) is 0 Å². The highest BCUT2D eigenvalue weighted by Gasteiger charge is 2.18. The van der Waals surface area contributed by atoms with Crippen molar-refractivity contribution in [1.29, 1.82) is 0 Å². The number of carbonyl (C=O) groups excluding carboxylic acids is 1. The van der Waals surface area contributed by atoms with Crippen molar-refractivity contribution in [2.75, 3.05) is 7.11 Å². The number of carbonyl (C=O) groups is 1. The summed E-state index contributed by atoms with van der Waals surface area (Å²) in [6.07, 6.45) is 0. The molecule has 0 bridgehead atoms. The number of rotatable bonds is 4. The van der Waals surface area contributed by atoms with Crippen molar-refractivity contribution in [2.24, 2.45) is 0 Å². The summed E-state index contributed by atoms with van der Waals surface area (Å²) in [6, 6.07) is 11.8. The van der Waals surface area contributed by atoms with Gasteiger partial charge in [-0.2, -0.15) is 0 Å². The highest BCUT2D eigenvalue weighted by molar-refractivity contribution is 7.99. The van der Waals surface area contributed by atoms with E-state index >= 15 is 0 Å². The first kappa shape index (κ1) is 15.1. The molecule has 0 saturated carbocycles. The van der Waals surface area contributed by atoms with Crippen LogP contribution in [0.3, 0.4) is 0 Å². The Morgan fingerprint density at radius 3 is 2.62 bits per heavy atom. The molecule has 0 aliphatic rings. The molecule has 21 heavy (non-hydrogen) atoms. The lowest BCUT2D eigenvalue weighted by molar-refractivity contribution is -0.387. The van der Waals surface area contributed by atoms with Crippen molar-refractivity contribution < 1.29 is 14.5 Å². The van der Waals surface area contributed by atoms with Gasteiger partial charge in [-0.05, 0) is 31.2 Å². The summed E-state index contributed by atoms with van der Waals surface area (Å²) in [5.41, 5.74) is 1.32. The molecular weight excluding hydrogens is 290 g/mol. The third-order valence-corrected chi connectivity index (χ3v) is 3.83. The Bertz CT molecular complexity index is 700. The lowest BCUT2D eigenvalue weighted by atomic mass is 10.2. The predicted molar refractivity (Wildman–Crippen MR) is 79.7 cm³/mol. The lowest BCUT2D eigenvalue weighted by Crippen LogP contribution is -2.02. The Morgan fingerprint density at radius 1 is 1.24 bits per heavy atom. The smallest absolute Gasteiger partial charge is 0.337 e. The van der Waals surface area contributed by atoms with Crippen molar-refractivity contribution in [3.63, 3.8) is 0 Å². The summed E-state index contributed by atoms with van der Waals surface area (Å²) in [5, 5.41) is 11.1. The van der Waals surface area contributed by atoms with Gasteiger partial charge < -0.3 is 4.74 Å². The number of methoxy groups -OCH3 is 1. The maximum absolute atomic E-state index is 11.6. The highest BCUT2D eigenvalue weighted by Crippen LogP contribution is 2.35. The average molecular weight is 303 g/mol. The molecule has 0 amide bonds. The predicted octanol–water partition coefficient (Wildman–Crippen LogP) is 3.84. The maximum atomic E-state index is 11.6. The van der Waals surface area contributed by atoms with Gasteiger partial charge in [0.15, 0.2) is 0 Å². The third kappa shape index (κ3) is 3.61. The zero-order valence-corrected chi connectivity index (χ0v) is 12.3. The topological polar surface area (TPSA) is 69.4 Å². The first-order valence-electron chi connectivity index (χ1n) is 6.12. The van der Waals surface area contributed by atoms with E-state index in [2.05, 4.69) is 4.74 Å². The number of benzene rings is 2. The molecule has 6 heteroatoms. The maximum Gasteiger partial charge on any atom is 0.337 e. The molecule has 0 N–H and O–H groups in total. The molecule has 2 aromatic carbocycles. The minimum absolute atomic E-state index is 0.0332. The van der Waals surface area contributed by atoms with Crippen LogP contribution in [0.5, 0.6) is 0 Å². The van der Waals surface area contributed by atoms with Crippen LogP contribution in [-0.2, 0) is 4.74 Å². The number of nitro benzene ring substituents is 1. The largest absolute Gasteiger partial charge is 0.465 e. The van der Waals surface area contributed by atoms with Crippen LogP contribution in [0.2, 0.25) is 0 Å².